The summed E-state index contributed by atoms with van der Waals surface area (Å²) in [6, 6.07) is 10.4. The van der Waals surface area contributed by atoms with Crippen LogP contribution in [-0.2, 0) is 16.0 Å². The Kier molecular flexibility index (Phi) is 5.52. The zero-order valence-corrected chi connectivity index (χ0v) is 16.1. The molecule has 1 aromatic carbocycles. The van der Waals surface area contributed by atoms with Gasteiger partial charge in [0.2, 0.25) is 0 Å². The second kappa shape index (κ2) is 8.21. The van der Waals surface area contributed by atoms with E-state index < -0.39 is 0 Å². The zero-order valence-electron chi connectivity index (χ0n) is 15.3. The average molecular weight is 385 g/mol. The predicted molar refractivity (Wildman–Crippen MR) is 106 cm³/mol. The second-order valence-electron chi connectivity index (χ2n) is 6.62. The lowest BCUT2D eigenvalue weighted by atomic mass is 10.2. The van der Waals surface area contributed by atoms with E-state index in [1.165, 1.54) is 11.3 Å². The molecule has 0 radical (unpaired) electrons. The van der Waals surface area contributed by atoms with Crippen LogP contribution in [0.3, 0.4) is 0 Å². The second-order valence-corrected chi connectivity index (χ2v) is 7.47. The number of hydrogen-bond acceptors (Lipinski definition) is 5. The molecule has 3 heterocycles. The Balaban J connectivity index is 1.56. The van der Waals surface area contributed by atoms with E-state index in [4.69, 9.17) is 9.47 Å². The summed E-state index contributed by atoms with van der Waals surface area (Å²) in [5.74, 6) is -0.146. The Morgan fingerprint density at radius 2 is 2.33 bits per heavy atom. The van der Waals surface area contributed by atoms with Gasteiger partial charge in [-0.1, -0.05) is 18.2 Å². The molecule has 3 aromatic rings. The van der Waals surface area contributed by atoms with Crippen molar-refractivity contribution >= 4 is 28.1 Å². The monoisotopic (exact) mass is 385 g/mol. The summed E-state index contributed by atoms with van der Waals surface area (Å²) in [6.45, 7) is 2.68. The third kappa shape index (κ3) is 3.90. The van der Waals surface area contributed by atoms with Gasteiger partial charge in [-0.3, -0.25) is 4.79 Å². The van der Waals surface area contributed by atoms with Crippen LogP contribution in [0, 0.1) is 0 Å². The highest BCUT2D eigenvalue weighted by Gasteiger charge is 2.19. The van der Waals surface area contributed by atoms with Gasteiger partial charge >= 0.3 is 0 Å². The Labute approximate surface area is 162 Å². The van der Waals surface area contributed by atoms with Crippen molar-refractivity contribution in [2.75, 3.05) is 26.9 Å². The normalized spacial score (nSPS) is 16.9. The molecule has 1 aliphatic heterocycles. The molecule has 2 aromatic heterocycles. The first-order valence-electron chi connectivity index (χ1n) is 9.19. The topological polar surface area (TPSA) is 65.4 Å². The van der Waals surface area contributed by atoms with Crippen LogP contribution < -0.4 is 5.32 Å². The standard InChI is InChI=1S/C20H23N3O3S/c1-25-10-8-23-17-7-3-2-5-14(17)11-18(23)20-22-16(13-27-20)19(24)21-12-15-6-4-9-26-15/h2-3,5,7,11,13,15H,4,6,8-10,12H2,1H3,(H,21,24)/t15-/m0/s1. The van der Waals surface area contributed by atoms with Crippen LogP contribution in [0.1, 0.15) is 23.3 Å². The zero-order chi connectivity index (χ0) is 18.6. The van der Waals surface area contributed by atoms with Crippen molar-refractivity contribution in [3.05, 3.63) is 41.4 Å². The lowest BCUT2D eigenvalue weighted by Crippen LogP contribution is -2.31. The number of aromatic nitrogens is 2. The highest BCUT2D eigenvalue weighted by molar-refractivity contribution is 7.13. The number of nitrogens with zero attached hydrogens (tertiary/aromatic N) is 2. The molecule has 1 fully saturated rings. The third-order valence-electron chi connectivity index (χ3n) is 4.80. The number of carbonyl (C=O) groups is 1. The molecule has 0 saturated carbocycles. The molecule has 1 aliphatic rings. The van der Waals surface area contributed by atoms with Gasteiger partial charge in [-0.15, -0.1) is 11.3 Å². The van der Waals surface area contributed by atoms with Crippen molar-refractivity contribution < 1.29 is 14.3 Å². The fourth-order valence-corrected chi connectivity index (χ4v) is 4.23. The number of para-hydroxylation sites is 1. The first kappa shape index (κ1) is 18.2. The van der Waals surface area contributed by atoms with E-state index in [0.717, 1.165) is 47.6 Å². The van der Waals surface area contributed by atoms with Crippen molar-refractivity contribution in [2.24, 2.45) is 0 Å². The fourth-order valence-electron chi connectivity index (χ4n) is 3.41. The van der Waals surface area contributed by atoms with Gasteiger partial charge in [0.25, 0.3) is 5.91 Å². The summed E-state index contributed by atoms with van der Waals surface area (Å²) in [4.78, 5) is 17.0. The molecule has 1 atom stereocenters. The summed E-state index contributed by atoms with van der Waals surface area (Å²) in [6.07, 6.45) is 2.19. The van der Waals surface area contributed by atoms with E-state index in [2.05, 4.69) is 33.1 Å². The van der Waals surface area contributed by atoms with Crippen LogP contribution >= 0.6 is 11.3 Å². The number of rotatable bonds is 7. The van der Waals surface area contributed by atoms with E-state index >= 15 is 0 Å². The number of thiazole rings is 1. The summed E-state index contributed by atoms with van der Waals surface area (Å²) >= 11 is 1.49. The molecule has 142 valence electrons. The Morgan fingerprint density at radius 3 is 3.15 bits per heavy atom. The van der Waals surface area contributed by atoms with Crippen molar-refractivity contribution in [3.8, 4) is 10.7 Å². The minimum atomic E-state index is -0.146. The number of carbonyl (C=O) groups excluding carboxylic acids is 1. The summed E-state index contributed by atoms with van der Waals surface area (Å²) < 4.78 is 13.0. The average Bonchev–Trinajstić information content (AvgIpc) is 3.44. The molecule has 7 heteroatoms. The maximum atomic E-state index is 12.4. The van der Waals surface area contributed by atoms with Crippen LogP contribution in [0.2, 0.25) is 0 Å². The van der Waals surface area contributed by atoms with Crippen molar-refractivity contribution in [3.63, 3.8) is 0 Å². The predicted octanol–water partition coefficient (Wildman–Crippen LogP) is 3.32. The van der Waals surface area contributed by atoms with Gasteiger partial charge in [-0.05, 0) is 25.0 Å². The van der Waals surface area contributed by atoms with Crippen LogP contribution in [0.4, 0.5) is 0 Å². The molecule has 0 bridgehead atoms. The molecular weight excluding hydrogens is 362 g/mol. The number of amides is 1. The third-order valence-corrected chi connectivity index (χ3v) is 5.66. The van der Waals surface area contributed by atoms with Crippen molar-refractivity contribution in [1.82, 2.24) is 14.9 Å². The Hall–Kier alpha value is -2.22. The van der Waals surface area contributed by atoms with Crippen molar-refractivity contribution in [1.29, 1.82) is 0 Å². The quantitative estimate of drug-likeness (QED) is 0.678. The molecule has 0 unspecified atom stereocenters. The first-order valence-corrected chi connectivity index (χ1v) is 10.1. The van der Waals surface area contributed by atoms with E-state index in [1.807, 2.05) is 17.5 Å². The van der Waals surface area contributed by atoms with Crippen LogP contribution in [-0.4, -0.2) is 48.4 Å². The van der Waals surface area contributed by atoms with Gasteiger partial charge < -0.3 is 19.4 Å². The summed E-state index contributed by atoms with van der Waals surface area (Å²) in [5, 5.41) is 6.75. The largest absolute Gasteiger partial charge is 0.383 e. The summed E-state index contributed by atoms with van der Waals surface area (Å²) in [7, 11) is 1.70. The number of methoxy groups -OCH3 is 1. The first-order chi connectivity index (χ1) is 13.3. The lowest BCUT2D eigenvalue weighted by molar-refractivity contribution is 0.0854. The number of hydrogen-bond donors (Lipinski definition) is 1. The molecule has 1 N–H and O–H groups in total. The van der Waals surface area contributed by atoms with Crippen LogP contribution in [0.5, 0.6) is 0 Å². The highest BCUT2D eigenvalue weighted by atomic mass is 32.1. The Bertz CT molecular complexity index is 928. The maximum Gasteiger partial charge on any atom is 0.270 e. The van der Waals surface area contributed by atoms with Gasteiger partial charge in [-0.25, -0.2) is 4.98 Å². The Morgan fingerprint density at radius 1 is 1.44 bits per heavy atom. The molecule has 1 saturated heterocycles. The molecule has 27 heavy (non-hydrogen) atoms. The smallest absolute Gasteiger partial charge is 0.270 e. The lowest BCUT2D eigenvalue weighted by Gasteiger charge is -2.09. The molecular formula is C20H23N3O3S. The molecule has 1 amide bonds. The van der Waals surface area contributed by atoms with Gasteiger partial charge in [0.15, 0.2) is 0 Å². The number of nitrogens with one attached hydrogen (secondary N) is 1. The van der Waals surface area contributed by atoms with Crippen LogP contribution in [0.15, 0.2) is 35.7 Å². The minimum absolute atomic E-state index is 0.128. The minimum Gasteiger partial charge on any atom is -0.383 e. The highest BCUT2D eigenvalue weighted by Crippen LogP contribution is 2.30. The molecule has 0 spiro atoms. The van der Waals surface area contributed by atoms with Gasteiger partial charge in [0.05, 0.1) is 18.4 Å². The fraction of sp³-hybridized carbons (Fsp3) is 0.400. The van der Waals surface area contributed by atoms with Crippen LogP contribution in [0.25, 0.3) is 21.6 Å². The number of fused-ring (bicyclic) bond motifs is 1. The molecule has 6 nitrogen and oxygen atoms in total. The van der Waals surface area contributed by atoms with E-state index in [1.54, 1.807) is 7.11 Å². The number of benzene rings is 1. The van der Waals surface area contributed by atoms with Gasteiger partial charge in [0, 0.05) is 43.1 Å². The van der Waals surface area contributed by atoms with Gasteiger partial charge in [-0.2, -0.15) is 0 Å². The number of ether oxygens (including phenoxy) is 2. The van der Waals surface area contributed by atoms with Gasteiger partial charge in [0.1, 0.15) is 10.7 Å². The SMILES string of the molecule is COCCn1c(-c2nc(C(=O)NC[C@@H]3CCCO3)cs2)cc2ccccc21. The van der Waals surface area contributed by atoms with E-state index in [9.17, 15) is 4.79 Å². The summed E-state index contributed by atoms with van der Waals surface area (Å²) in [5.41, 5.74) is 2.61. The molecule has 0 aliphatic carbocycles. The maximum absolute atomic E-state index is 12.4. The van der Waals surface area contributed by atoms with Crippen molar-refractivity contribution in [2.45, 2.75) is 25.5 Å². The molecule has 4 rings (SSSR count). The van der Waals surface area contributed by atoms with E-state index in [-0.39, 0.29) is 12.0 Å². The van der Waals surface area contributed by atoms with E-state index in [0.29, 0.717) is 18.8 Å².